The maximum Gasteiger partial charge on any atom is 0.325 e. The fourth-order valence-corrected chi connectivity index (χ4v) is 4.81. The molecule has 1 aromatic rings. The molecule has 0 radical (unpaired) electrons. The van der Waals surface area contributed by atoms with Crippen molar-refractivity contribution in [2.75, 3.05) is 47.6 Å². The summed E-state index contributed by atoms with van der Waals surface area (Å²) in [5.41, 5.74) is 0.878. The Morgan fingerprint density at radius 2 is 1.77 bits per heavy atom. The number of rotatable bonds is 12. The largest absolute Gasteiger partial charge is 0.496 e. The third kappa shape index (κ3) is 6.78. The molecule has 1 saturated heterocycles. The number of thioether (sulfide) groups is 1. The van der Waals surface area contributed by atoms with Crippen LogP contribution in [0.25, 0.3) is 0 Å². The fourth-order valence-electron chi connectivity index (χ4n) is 3.28. The molecule has 0 bridgehead atoms. The Bertz CT molecular complexity index is 707. The van der Waals surface area contributed by atoms with Crippen LogP contribution in [0.5, 0.6) is 17.2 Å². The van der Waals surface area contributed by atoms with Crippen molar-refractivity contribution in [3.8, 4) is 17.2 Å². The van der Waals surface area contributed by atoms with Crippen LogP contribution in [0.3, 0.4) is 0 Å². The number of methoxy groups -OCH3 is 4. The summed E-state index contributed by atoms with van der Waals surface area (Å²) >= 11 is 1.51. The van der Waals surface area contributed by atoms with Crippen molar-refractivity contribution in [2.24, 2.45) is 0 Å². The average Bonchev–Trinajstić information content (AvgIpc) is 2.97. The van der Waals surface area contributed by atoms with Gasteiger partial charge in [-0.1, -0.05) is 0 Å². The van der Waals surface area contributed by atoms with Crippen LogP contribution in [-0.4, -0.2) is 84.7 Å². The number of hydrogen-bond acceptors (Lipinski definition) is 9. The van der Waals surface area contributed by atoms with Crippen molar-refractivity contribution in [3.05, 3.63) is 17.7 Å². The van der Waals surface area contributed by atoms with E-state index in [1.54, 1.807) is 33.5 Å². The minimum absolute atomic E-state index is 0.238. The van der Waals surface area contributed by atoms with Gasteiger partial charge in [0.25, 0.3) is 0 Å². The molecular weight excluding hydrogens is 434 g/mol. The highest BCUT2D eigenvalue weighted by Gasteiger charge is 2.46. The van der Waals surface area contributed by atoms with Gasteiger partial charge in [-0.3, -0.25) is 9.09 Å². The van der Waals surface area contributed by atoms with E-state index in [4.69, 9.17) is 32.9 Å². The molecular formula is C18H30BO9PS. The topological polar surface area (TPSA) is 102 Å². The smallest absolute Gasteiger partial charge is 0.325 e. The Balaban J connectivity index is 2.02. The van der Waals surface area contributed by atoms with E-state index < -0.39 is 25.9 Å². The van der Waals surface area contributed by atoms with Gasteiger partial charge in [-0.15, -0.1) is 11.8 Å². The zero-order chi connectivity index (χ0) is 22.3. The fraction of sp³-hybridized carbons (Fsp3) is 0.667. The second-order valence-electron chi connectivity index (χ2n) is 6.82. The number of hydrogen-bond donors (Lipinski definition) is 1. The first kappa shape index (κ1) is 25.3. The van der Waals surface area contributed by atoms with Crippen molar-refractivity contribution in [2.45, 2.75) is 30.1 Å². The van der Waals surface area contributed by atoms with Crippen LogP contribution in [0.1, 0.15) is 5.56 Å². The molecule has 30 heavy (non-hydrogen) atoms. The maximum atomic E-state index is 11.8. The summed E-state index contributed by atoms with van der Waals surface area (Å²) < 4.78 is 50.3. The van der Waals surface area contributed by atoms with Crippen LogP contribution in [0.4, 0.5) is 0 Å². The van der Waals surface area contributed by atoms with Crippen LogP contribution in [0.2, 0.25) is 0 Å². The highest BCUT2D eigenvalue weighted by atomic mass is 32.2. The van der Waals surface area contributed by atoms with Crippen molar-refractivity contribution in [3.63, 3.8) is 0 Å². The first-order valence-corrected chi connectivity index (χ1v) is 12.5. The lowest BCUT2D eigenvalue weighted by Gasteiger charge is -2.25. The summed E-state index contributed by atoms with van der Waals surface area (Å²) in [5, 5.41) is 0. The lowest BCUT2D eigenvalue weighted by atomic mass is 9.93. The van der Waals surface area contributed by atoms with E-state index >= 15 is 0 Å². The summed E-state index contributed by atoms with van der Waals surface area (Å²) in [6.45, 7) is 1.39. The van der Waals surface area contributed by atoms with Crippen molar-refractivity contribution >= 4 is 27.2 Å². The predicted octanol–water partition coefficient (Wildman–Crippen LogP) is 1.49. The van der Waals surface area contributed by atoms with Gasteiger partial charge in [0.2, 0.25) is 0 Å². The van der Waals surface area contributed by atoms with E-state index in [1.807, 2.05) is 7.85 Å². The predicted molar refractivity (Wildman–Crippen MR) is 117 cm³/mol. The van der Waals surface area contributed by atoms with E-state index in [1.165, 1.54) is 18.9 Å². The Labute approximate surface area is 182 Å². The molecule has 12 heteroatoms. The molecule has 1 fully saturated rings. The van der Waals surface area contributed by atoms with Gasteiger partial charge in [0.15, 0.2) is 0 Å². The molecule has 1 heterocycles. The zero-order valence-corrected chi connectivity index (χ0v) is 19.9. The van der Waals surface area contributed by atoms with E-state index in [-0.39, 0.29) is 12.6 Å². The highest BCUT2D eigenvalue weighted by molar-refractivity contribution is 7.98. The Kier molecular flexibility index (Phi) is 9.81. The molecule has 5 atom stereocenters. The number of ether oxygens (including phenoxy) is 6. The van der Waals surface area contributed by atoms with Gasteiger partial charge < -0.3 is 33.3 Å². The molecule has 0 aliphatic carbocycles. The lowest BCUT2D eigenvalue weighted by molar-refractivity contribution is -0.0175. The van der Waals surface area contributed by atoms with Crippen molar-refractivity contribution < 1.29 is 42.4 Å². The normalized spacial score (nSPS) is 25.7. The van der Waals surface area contributed by atoms with Crippen molar-refractivity contribution in [1.29, 1.82) is 0 Å². The highest BCUT2D eigenvalue weighted by Crippen LogP contribution is 2.43. The summed E-state index contributed by atoms with van der Waals surface area (Å²) in [6.07, 6.45) is -1.69. The second kappa shape index (κ2) is 11.6. The third-order valence-corrected chi connectivity index (χ3v) is 6.03. The second-order valence-corrected chi connectivity index (χ2v) is 9.57. The lowest BCUT2D eigenvalue weighted by Crippen LogP contribution is -2.38. The van der Waals surface area contributed by atoms with Crippen LogP contribution in [0, 0.1) is 0 Å². The summed E-state index contributed by atoms with van der Waals surface area (Å²) in [5.74, 6) is 2.84. The quantitative estimate of drug-likeness (QED) is 0.212. The van der Waals surface area contributed by atoms with E-state index in [0.29, 0.717) is 28.9 Å². The third-order valence-electron chi connectivity index (χ3n) is 4.60. The van der Waals surface area contributed by atoms with Crippen LogP contribution >= 0.6 is 19.4 Å². The molecule has 1 aliphatic heterocycles. The molecule has 1 aromatic carbocycles. The number of benzene rings is 1. The molecule has 9 nitrogen and oxygen atoms in total. The van der Waals surface area contributed by atoms with Gasteiger partial charge in [0.1, 0.15) is 43.4 Å². The molecule has 0 aromatic heterocycles. The molecule has 170 valence electrons. The molecule has 1 aliphatic rings. The molecule has 2 rings (SSSR count). The monoisotopic (exact) mass is 464 g/mol. The van der Waals surface area contributed by atoms with E-state index in [0.717, 1.165) is 12.2 Å². The first-order chi connectivity index (χ1) is 14.2. The van der Waals surface area contributed by atoms with Gasteiger partial charge in [-0.2, -0.15) is 0 Å². The van der Waals surface area contributed by atoms with E-state index in [9.17, 15) is 9.46 Å². The van der Waals surface area contributed by atoms with Gasteiger partial charge in [-0.05, 0) is 0 Å². The summed E-state index contributed by atoms with van der Waals surface area (Å²) in [7, 11) is 4.42. The minimum atomic E-state index is -3.72. The maximum absolute atomic E-state index is 11.8. The Morgan fingerprint density at radius 1 is 1.13 bits per heavy atom. The van der Waals surface area contributed by atoms with Crippen LogP contribution < -0.4 is 14.2 Å². The zero-order valence-electron chi connectivity index (χ0n) is 18.2. The van der Waals surface area contributed by atoms with E-state index in [2.05, 4.69) is 0 Å². The van der Waals surface area contributed by atoms with Crippen LogP contribution in [0.15, 0.2) is 12.1 Å². The molecule has 0 amide bonds. The summed E-state index contributed by atoms with van der Waals surface area (Å²) in [6, 6.07) is 3.28. The minimum Gasteiger partial charge on any atom is -0.496 e. The van der Waals surface area contributed by atoms with Crippen molar-refractivity contribution in [1.82, 2.24) is 0 Å². The van der Waals surface area contributed by atoms with Gasteiger partial charge in [-0.25, -0.2) is 0 Å². The van der Waals surface area contributed by atoms with Crippen LogP contribution in [-0.2, 0) is 29.1 Å². The summed E-state index contributed by atoms with van der Waals surface area (Å²) in [4.78, 5) is 9.68. The average molecular weight is 464 g/mol. The standard InChI is InChI=1S/C18H30BO9PS/c1-22-8-15-16(28-29(5,20)21)17(18(19)27-15)26-10-30-9-12-13(24-3)6-11(23-2)7-14(12)25-4/h6-7,15-18H,8-10,19H2,1-5H3,(H,20,21)/t15-,16?,17?,18-/m1/s1. The molecule has 0 spiro atoms. The van der Waals surface area contributed by atoms with Gasteiger partial charge in [0, 0.05) is 37.2 Å². The Hall–Kier alpha value is -0.935. The van der Waals surface area contributed by atoms with Gasteiger partial charge >= 0.3 is 7.60 Å². The molecule has 0 saturated carbocycles. The molecule has 1 N–H and O–H groups in total. The Morgan fingerprint density at radius 3 is 2.27 bits per heavy atom. The first-order valence-electron chi connectivity index (χ1n) is 9.35. The van der Waals surface area contributed by atoms with Gasteiger partial charge in [0.05, 0.1) is 39.9 Å². The molecule has 3 unspecified atom stereocenters. The SMILES string of the molecule is B[C@@H]1O[C@H](COC)C(OP(C)(=O)O)C1OCSCc1c(OC)cc(OC)cc1OC.